The van der Waals surface area contributed by atoms with Crippen molar-refractivity contribution < 1.29 is 9.53 Å². The summed E-state index contributed by atoms with van der Waals surface area (Å²) in [5.41, 5.74) is 0.991. The Labute approximate surface area is 125 Å². The number of nitrogens with one attached hydrogen (secondary N) is 1. The molecule has 1 N–H and O–H groups in total. The molecule has 1 aliphatic heterocycles. The topological polar surface area (TPSA) is 41.6 Å². The molecule has 1 atom stereocenters. The van der Waals surface area contributed by atoms with Gasteiger partial charge in [0, 0.05) is 31.3 Å². The van der Waals surface area contributed by atoms with Crippen LogP contribution in [-0.2, 0) is 9.53 Å². The predicted molar refractivity (Wildman–Crippen MR) is 79.9 cm³/mol. The maximum absolute atomic E-state index is 12.3. The lowest BCUT2D eigenvalue weighted by molar-refractivity contribution is -0.139. The Morgan fingerprint density at radius 2 is 2.30 bits per heavy atom. The van der Waals surface area contributed by atoms with Crippen molar-refractivity contribution in [1.82, 2.24) is 10.2 Å². The number of carbonyl (C=O) groups is 1. The van der Waals surface area contributed by atoms with E-state index in [0.717, 1.165) is 25.1 Å². The third-order valence-electron chi connectivity index (χ3n) is 3.40. The van der Waals surface area contributed by atoms with E-state index in [2.05, 4.69) is 5.32 Å². The molecule has 0 radical (unpaired) electrons. The Kier molecular flexibility index (Phi) is 5.83. The number of ether oxygens (including phenoxy) is 1. The zero-order chi connectivity index (χ0) is 14.4. The van der Waals surface area contributed by atoms with Crippen LogP contribution in [0.15, 0.2) is 24.3 Å². The molecule has 0 aliphatic carbocycles. The van der Waals surface area contributed by atoms with Crippen LogP contribution in [0.2, 0.25) is 5.02 Å². The zero-order valence-corrected chi connectivity index (χ0v) is 12.5. The van der Waals surface area contributed by atoms with E-state index in [1.807, 2.05) is 36.1 Å². The van der Waals surface area contributed by atoms with Crippen LogP contribution in [-0.4, -0.2) is 43.7 Å². The van der Waals surface area contributed by atoms with Crippen LogP contribution < -0.4 is 5.32 Å². The van der Waals surface area contributed by atoms with Gasteiger partial charge in [-0.1, -0.05) is 36.7 Å². The summed E-state index contributed by atoms with van der Waals surface area (Å²) >= 11 is 6.26. The number of hydrogen-bond acceptors (Lipinski definition) is 3. The summed E-state index contributed by atoms with van der Waals surface area (Å²) in [6.45, 7) is 5.01. The number of halogens is 1. The lowest BCUT2D eigenvalue weighted by Crippen LogP contribution is -2.49. The van der Waals surface area contributed by atoms with Crippen LogP contribution in [0.25, 0.3) is 0 Å². The van der Waals surface area contributed by atoms with E-state index >= 15 is 0 Å². The summed E-state index contributed by atoms with van der Waals surface area (Å²) in [7, 11) is 0. The second kappa shape index (κ2) is 7.62. The Hall–Kier alpha value is -1.10. The van der Waals surface area contributed by atoms with E-state index in [1.54, 1.807) is 0 Å². The van der Waals surface area contributed by atoms with E-state index in [0.29, 0.717) is 18.2 Å². The maximum Gasteiger partial charge on any atom is 0.249 e. The third-order valence-corrected chi connectivity index (χ3v) is 3.75. The van der Waals surface area contributed by atoms with Crippen LogP contribution in [0.5, 0.6) is 0 Å². The van der Waals surface area contributed by atoms with Gasteiger partial charge < -0.3 is 15.0 Å². The highest BCUT2D eigenvalue weighted by atomic mass is 35.5. The molecule has 1 unspecified atom stereocenters. The Balaban J connectivity index is 2.09. The molecule has 0 spiro atoms. The number of carbonyl (C=O) groups excluding carboxylic acids is 1. The van der Waals surface area contributed by atoms with Gasteiger partial charge in [-0.25, -0.2) is 0 Å². The lowest BCUT2D eigenvalue weighted by Gasteiger charge is -2.37. The van der Waals surface area contributed by atoms with Gasteiger partial charge in [-0.2, -0.15) is 0 Å². The molecule has 1 amide bonds. The molecule has 1 aliphatic rings. The number of piperazine rings is 1. The predicted octanol–water partition coefficient (Wildman–Crippen LogP) is 2.24. The molecule has 0 saturated carbocycles. The Morgan fingerprint density at radius 3 is 3.05 bits per heavy atom. The zero-order valence-electron chi connectivity index (χ0n) is 11.8. The van der Waals surface area contributed by atoms with Crippen LogP contribution in [0, 0.1) is 0 Å². The van der Waals surface area contributed by atoms with Gasteiger partial charge in [0.25, 0.3) is 0 Å². The van der Waals surface area contributed by atoms with Gasteiger partial charge in [-0.05, 0) is 18.1 Å². The van der Waals surface area contributed by atoms with Gasteiger partial charge in [0.2, 0.25) is 5.91 Å². The van der Waals surface area contributed by atoms with E-state index in [9.17, 15) is 4.79 Å². The number of hydrogen-bond donors (Lipinski definition) is 1. The molecule has 20 heavy (non-hydrogen) atoms. The van der Waals surface area contributed by atoms with Crippen molar-refractivity contribution in [3.8, 4) is 0 Å². The van der Waals surface area contributed by atoms with E-state index in [1.165, 1.54) is 0 Å². The van der Waals surface area contributed by atoms with Crippen molar-refractivity contribution in [3.05, 3.63) is 34.9 Å². The number of nitrogens with zero attached hydrogens (tertiary/aromatic N) is 1. The molecule has 1 fully saturated rings. The fourth-order valence-corrected chi connectivity index (χ4v) is 2.67. The van der Waals surface area contributed by atoms with Crippen molar-refractivity contribution in [1.29, 1.82) is 0 Å². The van der Waals surface area contributed by atoms with E-state index in [-0.39, 0.29) is 18.6 Å². The van der Waals surface area contributed by atoms with Gasteiger partial charge in [0.15, 0.2) is 0 Å². The molecule has 1 aromatic carbocycles. The second-order valence-electron chi connectivity index (χ2n) is 4.88. The average Bonchev–Trinajstić information content (AvgIpc) is 2.48. The fourth-order valence-electron chi connectivity index (χ4n) is 2.41. The van der Waals surface area contributed by atoms with Gasteiger partial charge in [0.05, 0.1) is 6.04 Å². The maximum atomic E-state index is 12.3. The Bertz CT molecular complexity index is 453. The minimum absolute atomic E-state index is 0.0184. The smallest absolute Gasteiger partial charge is 0.249 e. The number of amides is 1. The first-order valence-electron chi connectivity index (χ1n) is 7.06. The summed E-state index contributed by atoms with van der Waals surface area (Å²) in [5, 5.41) is 4.02. The van der Waals surface area contributed by atoms with E-state index in [4.69, 9.17) is 16.3 Å². The first kappa shape index (κ1) is 15.3. The van der Waals surface area contributed by atoms with Crippen LogP contribution >= 0.6 is 11.6 Å². The fraction of sp³-hybridized carbons (Fsp3) is 0.533. The van der Waals surface area contributed by atoms with Gasteiger partial charge in [-0.3, -0.25) is 4.79 Å². The van der Waals surface area contributed by atoms with Gasteiger partial charge in [0.1, 0.15) is 6.61 Å². The molecular weight excluding hydrogens is 276 g/mol. The minimum Gasteiger partial charge on any atom is -0.372 e. The van der Waals surface area contributed by atoms with Crippen molar-refractivity contribution in [3.63, 3.8) is 0 Å². The monoisotopic (exact) mass is 296 g/mol. The molecule has 1 heterocycles. The molecule has 0 bridgehead atoms. The van der Waals surface area contributed by atoms with Crippen molar-refractivity contribution in [2.24, 2.45) is 0 Å². The molecule has 110 valence electrons. The van der Waals surface area contributed by atoms with Gasteiger partial charge >= 0.3 is 0 Å². The highest BCUT2D eigenvalue weighted by molar-refractivity contribution is 6.31. The molecule has 0 aromatic heterocycles. The van der Waals surface area contributed by atoms with Crippen LogP contribution in [0.1, 0.15) is 24.9 Å². The first-order valence-corrected chi connectivity index (χ1v) is 7.44. The number of benzene rings is 1. The molecule has 1 saturated heterocycles. The first-order chi connectivity index (χ1) is 9.74. The summed E-state index contributed by atoms with van der Waals surface area (Å²) in [4.78, 5) is 14.2. The highest BCUT2D eigenvalue weighted by Gasteiger charge is 2.28. The SMILES string of the molecule is CCCOCC(=O)N1CCNCC1c1ccccc1Cl. The van der Waals surface area contributed by atoms with Crippen LogP contribution in [0.4, 0.5) is 0 Å². The minimum atomic E-state index is -0.0184. The highest BCUT2D eigenvalue weighted by Crippen LogP contribution is 2.28. The van der Waals surface area contributed by atoms with Crippen LogP contribution in [0.3, 0.4) is 0 Å². The molecule has 5 heteroatoms. The average molecular weight is 297 g/mol. The van der Waals surface area contributed by atoms with Crippen molar-refractivity contribution in [2.45, 2.75) is 19.4 Å². The summed E-state index contributed by atoms with van der Waals surface area (Å²) in [5.74, 6) is 0.0323. The molecule has 1 aromatic rings. The normalized spacial score (nSPS) is 19.1. The number of rotatable bonds is 5. The molecule has 2 rings (SSSR count). The summed E-state index contributed by atoms with van der Waals surface area (Å²) in [6, 6.07) is 7.68. The largest absolute Gasteiger partial charge is 0.372 e. The van der Waals surface area contributed by atoms with Gasteiger partial charge in [-0.15, -0.1) is 0 Å². The van der Waals surface area contributed by atoms with Crippen molar-refractivity contribution in [2.75, 3.05) is 32.8 Å². The van der Waals surface area contributed by atoms with Crippen molar-refractivity contribution >= 4 is 17.5 Å². The van der Waals surface area contributed by atoms with E-state index < -0.39 is 0 Å². The summed E-state index contributed by atoms with van der Waals surface area (Å²) < 4.78 is 5.37. The second-order valence-corrected chi connectivity index (χ2v) is 5.29. The quantitative estimate of drug-likeness (QED) is 0.847. The molecule has 4 nitrogen and oxygen atoms in total. The summed E-state index contributed by atoms with van der Waals surface area (Å²) in [6.07, 6.45) is 0.919. The third kappa shape index (κ3) is 3.72. The standard InChI is InChI=1S/C15H21ClN2O2/c1-2-9-20-11-15(19)18-8-7-17-10-14(18)12-5-3-4-6-13(12)16/h3-6,14,17H,2,7-11H2,1H3. The Morgan fingerprint density at radius 1 is 1.50 bits per heavy atom. The molecular formula is C15H21ClN2O2. The lowest BCUT2D eigenvalue weighted by atomic mass is 10.0.